The van der Waals surface area contributed by atoms with Gasteiger partial charge in [-0.2, -0.15) is 5.10 Å². The maximum atomic E-state index is 12.5. The number of aryl methyl sites for hydroxylation is 1. The number of aliphatic hydroxyl groups is 1. The molecule has 0 saturated carbocycles. The lowest BCUT2D eigenvalue weighted by Crippen LogP contribution is -2.37. The number of amides is 1. The summed E-state index contributed by atoms with van der Waals surface area (Å²) in [6, 6.07) is -0.0423. The van der Waals surface area contributed by atoms with E-state index in [2.05, 4.69) is 5.10 Å². The quantitative estimate of drug-likeness (QED) is 0.794. The van der Waals surface area contributed by atoms with Crippen molar-refractivity contribution >= 4 is 5.91 Å². The molecule has 1 saturated heterocycles. The molecule has 1 unspecified atom stereocenters. The Morgan fingerprint density at radius 2 is 2.42 bits per heavy atom. The number of rotatable bonds is 5. The molecule has 0 aromatic carbocycles. The molecule has 0 spiro atoms. The number of aliphatic hydroxyl groups excluding tert-OH is 1. The lowest BCUT2D eigenvalue weighted by atomic mass is 10.2. The summed E-state index contributed by atoms with van der Waals surface area (Å²) in [4.78, 5) is 14.2. The van der Waals surface area contributed by atoms with Crippen molar-refractivity contribution in [1.29, 1.82) is 0 Å². The molecule has 3 N–H and O–H groups in total. The van der Waals surface area contributed by atoms with Crippen LogP contribution in [-0.2, 0) is 6.54 Å². The van der Waals surface area contributed by atoms with Crippen molar-refractivity contribution in [2.45, 2.75) is 38.8 Å². The molecule has 6 heteroatoms. The Kier molecular flexibility index (Phi) is 4.55. The van der Waals surface area contributed by atoms with Crippen molar-refractivity contribution in [3.05, 3.63) is 17.5 Å². The average molecular weight is 266 g/mol. The number of nitrogens with zero attached hydrogens (tertiary/aromatic N) is 3. The van der Waals surface area contributed by atoms with Gasteiger partial charge < -0.3 is 15.7 Å². The van der Waals surface area contributed by atoms with Gasteiger partial charge in [-0.05, 0) is 32.7 Å². The molecule has 1 aliphatic rings. The molecule has 1 aromatic heterocycles. The molecule has 2 rings (SSSR count). The molecule has 1 aliphatic heterocycles. The highest BCUT2D eigenvalue weighted by molar-refractivity contribution is 5.95. The van der Waals surface area contributed by atoms with Crippen LogP contribution < -0.4 is 5.73 Å². The molecule has 1 fully saturated rings. The van der Waals surface area contributed by atoms with Gasteiger partial charge in [-0.3, -0.25) is 9.48 Å². The molecule has 2 heterocycles. The van der Waals surface area contributed by atoms with Crippen LogP contribution >= 0.6 is 0 Å². The van der Waals surface area contributed by atoms with Crippen molar-refractivity contribution in [2.24, 2.45) is 5.73 Å². The van der Waals surface area contributed by atoms with E-state index in [1.165, 1.54) is 0 Å². The molecule has 0 aliphatic carbocycles. The molecule has 19 heavy (non-hydrogen) atoms. The van der Waals surface area contributed by atoms with Crippen LogP contribution in [0.4, 0.5) is 0 Å². The average Bonchev–Trinajstić information content (AvgIpc) is 3.02. The molecular weight excluding hydrogens is 244 g/mol. The Labute approximate surface area is 113 Å². The Morgan fingerprint density at radius 1 is 1.63 bits per heavy atom. The van der Waals surface area contributed by atoms with E-state index in [4.69, 9.17) is 5.73 Å². The number of hydrogen-bond donors (Lipinski definition) is 2. The summed E-state index contributed by atoms with van der Waals surface area (Å²) >= 11 is 0. The summed E-state index contributed by atoms with van der Waals surface area (Å²) in [7, 11) is 0. The van der Waals surface area contributed by atoms with Crippen LogP contribution in [0.25, 0.3) is 0 Å². The second-order valence-corrected chi connectivity index (χ2v) is 4.99. The highest BCUT2D eigenvalue weighted by Crippen LogP contribution is 2.21. The Hall–Kier alpha value is -1.40. The Balaban J connectivity index is 2.13. The highest BCUT2D eigenvalue weighted by atomic mass is 16.3. The maximum Gasteiger partial charge on any atom is 0.257 e. The van der Waals surface area contributed by atoms with Crippen LogP contribution in [0.5, 0.6) is 0 Å². The largest absolute Gasteiger partial charge is 0.394 e. The summed E-state index contributed by atoms with van der Waals surface area (Å²) in [5.41, 5.74) is 7.00. The first-order valence-electron chi connectivity index (χ1n) is 6.83. The van der Waals surface area contributed by atoms with Gasteiger partial charge in [0.25, 0.3) is 5.91 Å². The molecule has 1 aromatic rings. The zero-order chi connectivity index (χ0) is 13.8. The fraction of sp³-hybridized carbons (Fsp3) is 0.692. The van der Waals surface area contributed by atoms with Gasteiger partial charge in [0.15, 0.2) is 0 Å². The first-order valence-corrected chi connectivity index (χ1v) is 6.83. The van der Waals surface area contributed by atoms with Gasteiger partial charge >= 0.3 is 0 Å². The van der Waals surface area contributed by atoms with Crippen LogP contribution in [0.15, 0.2) is 6.20 Å². The summed E-state index contributed by atoms with van der Waals surface area (Å²) in [5.74, 6) is -0.0203. The van der Waals surface area contributed by atoms with E-state index in [0.717, 1.165) is 38.0 Å². The smallest absolute Gasteiger partial charge is 0.257 e. The molecule has 0 bridgehead atoms. The summed E-state index contributed by atoms with van der Waals surface area (Å²) in [6.45, 7) is 4.00. The number of likely N-dealkylation sites (tertiary alicyclic amines) is 1. The number of nitrogens with two attached hydrogens (primary N) is 1. The minimum Gasteiger partial charge on any atom is -0.394 e. The second kappa shape index (κ2) is 6.16. The van der Waals surface area contributed by atoms with Crippen LogP contribution in [0.2, 0.25) is 0 Å². The van der Waals surface area contributed by atoms with Gasteiger partial charge in [0.1, 0.15) is 0 Å². The van der Waals surface area contributed by atoms with Gasteiger partial charge in [0.05, 0.1) is 24.4 Å². The SMILES string of the molecule is Cc1c(C(=O)N2CCCC2CO)cnn1CCCN. The van der Waals surface area contributed by atoms with Gasteiger partial charge in [0.2, 0.25) is 0 Å². The maximum absolute atomic E-state index is 12.5. The fourth-order valence-electron chi connectivity index (χ4n) is 2.57. The van der Waals surface area contributed by atoms with Gasteiger partial charge in [0, 0.05) is 18.8 Å². The summed E-state index contributed by atoms with van der Waals surface area (Å²) in [5, 5.41) is 13.5. The van der Waals surface area contributed by atoms with E-state index in [9.17, 15) is 9.90 Å². The van der Waals surface area contributed by atoms with E-state index in [1.54, 1.807) is 11.1 Å². The van der Waals surface area contributed by atoms with Crippen LogP contribution in [-0.4, -0.2) is 51.4 Å². The van der Waals surface area contributed by atoms with E-state index < -0.39 is 0 Å². The minimum atomic E-state index is -0.0423. The molecule has 6 nitrogen and oxygen atoms in total. The van der Waals surface area contributed by atoms with Crippen LogP contribution in [0.3, 0.4) is 0 Å². The van der Waals surface area contributed by atoms with Gasteiger partial charge in [-0.15, -0.1) is 0 Å². The van der Waals surface area contributed by atoms with E-state index >= 15 is 0 Å². The third-order valence-corrected chi connectivity index (χ3v) is 3.76. The Morgan fingerprint density at radius 3 is 3.11 bits per heavy atom. The van der Waals surface area contributed by atoms with Crippen molar-refractivity contribution in [3.8, 4) is 0 Å². The number of hydrogen-bond acceptors (Lipinski definition) is 4. The lowest BCUT2D eigenvalue weighted by molar-refractivity contribution is 0.0676. The molecular formula is C13H22N4O2. The third-order valence-electron chi connectivity index (χ3n) is 3.76. The third kappa shape index (κ3) is 2.79. The van der Waals surface area contributed by atoms with Gasteiger partial charge in [-0.25, -0.2) is 0 Å². The monoisotopic (exact) mass is 266 g/mol. The van der Waals surface area contributed by atoms with E-state index in [0.29, 0.717) is 12.1 Å². The van der Waals surface area contributed by atoms with E-state index in [1.807, 2.05) is 11.6 Å². The molecule has 1 amide bonds. The van der Waals surface area contributed by atoms with Crippen molar-refractivity contribution in [1.82, 2.24) is 14.7 Å². The second-order valence-electron chi connectivity index (χ2n) is 4.99. The number of carbonyl (C=O) groups excluding carboxylic acids is 1. The summed E-state index contributed by atoms with van der Waals surface area (Å²) < 4.78 is 1.82. The minimum absolute atomic E-state index is 0.0203. The molecule has 1 atom stereocenters. The first kappa shape index (κ1) is 14.0. The van der Waals surface area contributed by atoms with Gasteiger partial charge in [-0.1, -0.05) is 0 Å². The fourth-order valence-corrected chi connectivity index (χ4v) is 2.57. The Bertz CT molecular complexity index is 444. The van der Waals surface area contributed by atoms with Crippen LogP contribution in [0, 0.1) is 6.92 Å². The zero-order valence-corrected chi connectivity index (χ0v) is 11.4. The lowest BCUT2D eigenvalue weighted by Gasteiger charge is -2.22. The molecule has 106 valence electrons. The highest BCUT2D eigenvalue weighted by Gasteiger charge is 2.30. The predicted molar refractivity (Wildman–Crippen MR) is 71.8 cm³/mol. The van der Waals surface area contributed by atoms with E-state index in [-0.39, 0.29) is 18.6 Å². The number of aromatic nitrogens is 2. The van der Waals surface area contributed by atoms with Crippen molar-refractivity contribution < 1.29 is 9.90 Å². The predicted octanol–water partition coefficient (Wildman–Crippen LogP) is 0.137. The van der Waals surface area contributed by atoms with Crippen LogP contribution in [0.1, 0.15) is 35.3 Å². The first-order chi connectivity index (χ1) is 9.19. The van der Waals surface area contributed by atoms with Crippen molar-refractivity contribution in [2.75, 3.05) is 19.7 Å². The summed E-state index contributed by atoms with van der Waals surface area (Å²) in [6.07, 6.45) is 4.31. The topological polar surface area (TPSA) is 84.4 Å². The normalized spacial score (nSPS) is 19.1. The zero-order valence-electron chi connectivity index (χ0n) is 11.4. The number of carbonyl (C=O) groups is 1. The standard InChI is InChI=1S/C13H22N4O2/c1-10-12(8-15-17(10)7-3-5-14)13(19)16-6-2-4-11(16)9-18/h8,11,18H,2-7,9,14H2,1H3. The van der Waals surface area contributed by atoms with Crippen molar-refractivity contribution in [3.63, 3.8) is 0 Å². The molecule has 0 radical (unpaired) electrons.